The third-order valence-electron chi connectivity index (χ3n) is 3.65. The molecule has 0 saturated carbocycles. The molecule has 0 aromatic carbocycles. The van der Waals surface area contributed by atoms with Crippen LogP contribution in [0.2, 0.25) is 0 Å². The van der Waals surface area contributed by atoms with Gasteiger partial charge < -0.3 is 5.73 Å². The van der Waals surface area contributed by atoms with E-state index in [-0.39, 0.29) is 0 Å². The first kappa shape index (κ1) is 22.2. The first-order valence-corrected chi connectivity index (χ1v) is 9.40. The Balaban J connectivity index is 3.44. The molecular formula is C22H35NO. The maximum atomic E-state index is 10.4. The van der Waals surface area contributed by atoms with Gasteiger partial charge in [-0.05, 0) is 12.8 Å². The van der Waals surface area contributed by atoms with Crippen molar-refractivity contribution >= 4 is 5.91 Å². The molecule has 0 aliphatic carbocycles. The van der Waals surface area contributed by atoms with Crippen molar-refractivity contribution < 1.29 is 4.79 Å². The third kappa shape index (κ3) is 20.2. The first-order chi connectivity index (χ1) is 11.8. The van der Waals surface area contributed by atoms with Crippen molar-refractivity contribution in [3.8, 4) is 0 Å². The van der Waals surface area contributed by atoms with Gasteiger partial charge in [0.2, 0.25) is 5.91 Å². The fraction of sp³-hybridized carbons (Fsp3) is 0.500. The van der Waals surface area contributed by atoms with Gasteiger partial charge in [-0.2, -0.15) is 0 Å². The van der Waals surface area contributed by atoms with Crippen LogP contribution in [-0.4, -0.2) is 5.91 Å². The Hall–Kier alpha value is -1.83. The van der Waals surface area contributed by atoms with Gasteiger partial charge in [-0.25, -0.2) is 0 Å². The minimum absolute atomic E-state index is 0.430. The van der Waals surface area contributed by atoms with Crippen molar-refractivity contribution in [1.29, 1.82) is 0 Å². The molecule has 0 fully saturated rings. The lowest BCUT2D eigenvalue weighted by molar-refractivity contribution is -0.113. The number of hydrogen-bond donors (Lipinski definition) is 1. The van der Waals surface area contributed by atoms with Crippen molar-refractivity contribution in [2.45, 2.75) is 71.1 Å². The normalized spacial score (nSPS) is 12.7. The molecule has 134 valence electrons. The molecule has 0 saturated heterocycles. The first-order valence-electron chi connectivity index (χ1n) is 9.40. The van der Waals surface area contributed by atoms with Crippen LogP contribution in [0, 0.1) is 0 Å². The maximum absolute atomic E-state index is 10.4. The standard InChI is InChI=1S/C22H35NO/c1-2-3-4-5-6-7-8-9-10-11-12-13-14-15-16-17-18-19-20-21-22(23)24/h12-21H,2-11H2,1H3,(H2,23,24). The number of carbonyl (C=O) groups is 1. The van der Waals surface area contributed by atoms with E-state index in [0.29, 0.717) is 0 Å². The van der Waals surface area contributed by atoms with E-state index >= 15 is 0 Å². The summed E-state index contributed by atoms with van der Waals surface area (Å²) in [6.45, 7) is 2.27. The van der Waals surface area contributed by atoms with Crippen LogP contribution in [0.1, 0.15) is 71.1 Å². The highest BCUT2D eigenvalue weighted by Gasteiger charge is 1.90. The van der Waals surface area contributed by atoms with Crippen molar-refractivity contribution in [3.63, 3.8) is 0 Å². The van der Waals surface area contributed by atoms with Gasteiger partial charge in [-0.3, -0.25) is 4.79 Å². The molecule has 1 amide bonds. The monoisotopic (exact) mass is 329 g/mol. The van der Waals surface area contributed by atoms with Crippen LogP contribution in [-0.2, 0) is 4.79 Å². The van der Waals surface area contributed by atoms with E-state index in [1.165, 1.54) is 70.3 Å². The minimum Gasteiger partial charge on any atom is -0.366 e. The van der Waals surface area contributed by atoms with Gasteiger partial charge >= 0.3 is 0 Å². The number of carbonyl (C=O) groups excluding carboxylic acids is 1. The van der Waals surface area contributed by atoms with E-state index < -0.39 is 5.91 Å². The molecule has 0 spiro atoms. The summed E-state index contributed by atoms with van der Waals surface area (Å²) in [7, 11) is 0. The lowest BCUT2D eigenvalue weighted by Gasteiger charge is -2.00. The molecule has 0 unspecified atom stereocenters. The second kappa shape index (κ2) is 19.2. The number of rotatable bonds is 15. The van der Waals surface area contributed by atoms with Crippen LogP contribution in [0.5, 0.6) is 0 Å². The summed E-state index contributed by atoms with van der Waals surface area (Å²) in [4.78, 5) is 10.4. The molecule has 0 aliphatic heterocycles. The number of amides is 1. The van der Waals surface area contributed by atoms with Crippen molar-refractivity contribution in [3.05, 3.63) is 60.8 Å². The molecule has 2 nitrogen and oxygen atoms in total. The zero-order valence-electron chi connectivity index (χ0n) is 15.3. The summed E-state index contributed by atoms with van der Waals surface area (Å²) in [6.07, 6.45) is 32.4. The van der Waals surface area contributed by atoms with E-state index in [9.17, 15) is 4.79 Å². The van der Waals surface area contributed by atoms with Crippen LogP contribution < -0.4 is 5.73 Å². The minimum atomic E-state index is -0.430. The summed E-state index contributed by atoms with van der Waals surface area (Å²) >= 11 is 0. The molecular weight excluding hydrogens is 294 g/mol. The van der Waals surface area contributed by atoms with Gasteiger partial charge in [0.05, 0.1) is 0 Å². The Kier molecular flexibility index (Phi) is 17.8. The quantitative estimate of drug-likeness (QED) is 0.218. The Labute approximate surface area is 148 Å². The highest BCUT2D eigenvalue weighted by Crippen LogP contribution is 2.10. The van der Waals surface area contributed by atoms with E-state index in [1.807, 2.05) is 30.4 Å². The van der Waals surface area contributed by atoms with Gasteiger partial charge in [0.25, 0.3) is 0 Å². The van der Waals surface area contributed by atoms with Gasteiger partial charge in [0.1, 0.15) is 0 Å². The second-order valence-electron chi connectivity index (χ2n) is 5.96. The molecule has 2 N–H and O–H groups in total. The van der Waals surface area contributed by atoms with Crippen molar-refractivity contribution in [2.24, 2.45) is 5.73 Å². The Morgan fingerprint density at radius 2 is 1.12 bits per heavy atom. The Bertz CT molecular complexity index is 427. The van der Waals surface area contributed by atoms with E-state index in [2.05, 4.69) is 19.1 Å². The number of hydrogen-bond acceptors (Lipinski definition) is 1. The maximum Gasteiger partial charge on any atom is 0.241 e. The van der Waals surface area contributed by atoms with Gasteiger partial charge in [0, 0.05) is 6.08 Å². The van der Waals surface area contributed by atoms with Crippen LogP contribution in [0.25, 0.3) is 0 Å². The average molecular weight is 330 g/mol. The highest BCUT2D eigenvalue weighted by atomic mass is 16.1. The smallest absolute Gasteiger partial charge is 0.241 e. The number of unbranched alkanes of at least 4 members (excludes halogenated alkanes) is 9. The van der Waals surface area contributed by atoms with Crippen molar-refractivity contribution in [2.75, 3.05) is 0 Å². The lowest BCUT2D eigenvalue weighted by Crippen LogP contribution is -2.04. The second-order valence-corrected chi connectivity index (χ2v) is 5.96. The van der Waals surface area contributed by atoms with Gasteiger partial charge in [0.15, 0.2) is 0 Å². The average Bonchev–Trinajstić information content (AvgIpc) is 2.56. The SMILES string of the molecule is CCCCCCCCCCCC=CC=CC=CC=CC=CC(N)=O. The zero-order valence-corrected chi connectivity index (χ0v) is 15.3. The molecule has 0 radical (unpaired) electrons. The van der Waals surface area contributed by atoms with Crippen LogP contribution in [0.3, 0.4) is 0 Å². The summed E-state index contributed by atoms with van der Waals surface area (Å²) in [5.41, 5.74) is 4.97. The fourth-order valence-corrected chi connectivity index (χ4v) is 2.28. The summed E-state index contributed by atoms with van der Waals surface area (Å²) in [5, 5.41) is 0. The van der Waals surface area contributed by atoms with E-state index in [0.717, 1.165) is 0 Å². The summed E-state index contributed by atoms with van der Waals surface area (Å²) in [6, 6.07) is 0. The largest absolute Gasteiger partial charge is 0.366 e. The highest BCUT2D eigenvalue weighted by molar-refractivity contribution is 5.85. The third-order valence-corrected chi connectivity index (χ3v) is 3.65. The molecule has 0 aliphatic rings. The molecule has 0 heterocycles. The summed E-state index contributed by atoms with van der Waals surface area (Å²) in [5.74, 6) is -0.430. The predicted molar refractivity (Wildman–Crippen MR) is 107 cm³/mol. The molecule has 24 heavy (non-hydrogen) atoms. The van der Waals surface area contributed by atoms with E-state index in [4.69, 9.17) is 5.73 Å². The molecule has 0 bridgehead atoms. The molecule has 0 aromatic heterocycles. The van der Waals surface area contributed by atoms with Gasteiger partial charge in [-0.1, -0.05) is 113 Å². The molecule has 0 aromatic rings. The number of nitrogens with two attached hydrogens (primary N) is 1. The summed E-state index contributed by atoms with van der Waals surface area (Å²) < 4.78 is 0. The van der Waals surface area contributed by atoms with Crippen LogP contribution in [0.15, 0.2) is 60.8 Å². The Morgan fingerprint density at radius 1 is 0.667 bits per heavy atom. The lowest BCUT2D eigenvalue weighted by atomic mass is 10.1. The zero-order chi connectivity index (χ0) is 17.7. The Morgan fingerprint density at radius 3 is 1.67 bits per heavy atom. The van der Waals surface area contributed by atoms with Crippen LogP contribution in [0.4, 0.5) is 0 Å². The fourth-order valence-electron chi connectivity index (χ4n) is 2.28. The molecule has 2 heteroatoms. The molecule has 0 atom stereocenters. The van der Waals surface area contributed by atoms with Crippen LogP contribution >= 0.6 is 0 Å². The van der Waals surface area contributed by atoms with E-state index in [1.54, 1.807) is 12.2 Å². The number of allylic oxidation sites excluding steroid dienone is 9. The number of primary amides is 1. The molecule has 0 rings (SSSR count). The van der Waals surface area contributed by atoms with Crippen molar-refractivity contribution in [1.82, 2.24) is 0 Å². The van der Waals surface area contributed by atoms with Gasteiger partial charge in [-0.15, -0.1) is 0 Å². The predicted octanol–water partition coefficient (Wildman–Crippen LogP) is 6.17. The topological polar surface area (TPSA) is 43.1 Å².